The van der Waals surface area contributed by atoms with Gasteiger partial charge in [0.2, 0.25) is 0 Å². The number of alkyl halides is 2. The van der Waals surface area contributed by atoms with Crippen LogP contribution in [0, 0.1) is 0 Å². The fourth-order valence-electron chi connectivity index (χ4n) is 2.31. The van der Waals surface area contributed by atoms with Gasteiger partial charge in [-0.3, -0.25) is 4.99 Å². The Balaban J connectivity index is 0.00000676. The molecule has 0 fully saturated rings. The third-order valence-corrected chi connectivity index (χ3v) is 4.25. The topological polar surface area (TPSA) is 58.1 Å². The zero-order valence-electron chi connectivity index (χ0n) is 16.6. The Morgan fingerprint density at radius 2 is 2.00 bits per heavy atom. The molecule has 0 aliphatic carbocycles. The van der Waals surface area contributed by atoms with Gasteiger partial charge in [-0.15, -0.1) is 24.0 Å². The summed E-state index contributed by atoms with van der Waals surface area (Å²) in [4.78, 5) is 6.41. The van der Waals surface area contributed by atoms with Gasteiger partial charge in [0, 0.05) is 38.3 Å². The molecule has 1 rings (SSSR count). The molecule has 0 bridgehead atoms. The molecule has 6 nitrogen and oxygen atoms in total. The summed E-state index contributed by atoms with van der Waals surface area (Å²) in [5, 5.41) is 6.32. The Hall–Kier alpha value is -1.36. The summed E-state index contributed by atoms with van der Waals surface area (Å²) in [6, 6.07) is 5.23. The van der Waals surface area contributed by atoms with Crippen molar-refractivity contribution in [2.45, 2.75) is 39.5 Å². The normalized spacial score (nSPS) is 12.6. The van der Waals surface area contributed by atoms with E-state index in [4.69, 9.17) is 4.74 Å². The maximum atomic E-state index is 12.6. The van der Waals surface area contributed by atoms with Gasteiger partial charge < -0.3 is 25.0 Å². The van der Waals surface area contributed by atoms with Crippen molar-refractivity contribution >= 4 is 29.9 Å². The second-order valence-corrected chi connectivity index (χ2v) is 5.94. The van der Waals surface area contributed by atoms with Gasteiger partial charge in [0.05, 0.1) is 7.11 Å². The van der Waals surface area contributed by atoms with Crippen LogP contribution in [0.3, 0.4) is 0 Å². The zero-order valence-corrected chi connectivity index (χ0v) is 18.9. The highest BCUT2D eigenvalue weighted by Gasteiger charge is 2.12. The number of likely N-dealkylation sites (N-methyl/N-ethyl adjacent to an activating group) is 1. The molecule has 0 saturated carbocycles. The number of hydrogen-bond donors (Lipinski definition) is 2. The molecule has 1 atom stereocenters. The van der Waals surface area contributed by atoms with E-state index in [9.17, 15) is 8.78 Å². The van der Waals surface area contributed by atoms with Crippen molar-refractivity contribution in [3.63, 3.8) is 0 Å². The summed E-state index contributed by atoms with van der Waals surface area (Å²) < 4.78 is 34.9. The van der Waals surface area contributed by atoms with Gasteiger partial charge in [-0.25, -0.2) is 0 Å². The van der Waals surface area contributed by atoms with Crippen molar-refractivity contribution in [2.24, 2.45) is 4.99 Å². The summed E-state index contributed by atoms with van der Waals surface area (Å²) >= 11 is 0. The van der Waals surface area contributed by atoms with Crippen molar-refractivity contribution in [1.82, 2.24) is 15.5 Å². The molecule has 0 heterocycles. The van der Waals surface area contributed by atoms with Crippen LogP contribution in [-0.4, -0.2) is 57.8 Å². The predicted molar refractivity (Wildman–Crippen MR) is 116 cm³/mol. The van der Waals surface area contributed by atoms with E-state index >= 15 is 0 Å². The van der Waals surface area contributed by atoms with Crippen LogP contribution in [0.1, 0.15) is 25.8 Å². The van der Waals surface area contributed by atoms with E-state index in [0.717, 1.165) is 19.5 Å². The Morgan fingerprint density at radius 3 is 2.56 bits per heavy atom. The van der Waals surface area contributed by atoms with Gasteiger partial charge in [-0.05, 0) is 38.6 Å². The molecule has 0 saturated heterocycles. The summed E-state index contributed by atoms with van der Waals surface area (Å²) in [6.07, 6.45) is 1.09. The third-order valence-electron chi connectivity index (χ3n) is 4.25. The molecule has 156 valence electrons. The Kier molecular flexibility index (Phi) is 13.1. The van der Waals surface area contributed by atoms with E-state index in [1.165, 1.54) is 13.2 Å². The predicted octanol–water partition coefficient (Wildman–Crippen LogP) is 3.31. The van der Waals surface area contributed by atoms with Crippen molar-refractivity contribution in [3.8, 4) is 11.5 Å². The minimum atomic E-state index is -2.88. The number of guanidine groups is 1. The fourth-order valence-corrected chi connectivity index (χ4v) is 2.31. The number of rotatable bonds is 10. The van der Waals surface area contributed by atoms with Crippen molar-refractivity contribution < 1.29 is 18.3 Å². The summed E-state index contributed by atoms with van der Waals surface area (Å²) in [5.74, 6) is 1.27. The van der Waals surface area contributed by atoms with Crippen LogP contribution in [0.15, 0.2) is 23.2 Å². The molecule has 0 aliphatic heterocycles. The molecule has 0 radical (unpaired) electrons. The highest BCUT2D eigenvalue weighted by atomic mass is 127. The van der Waals surface area contributed by atoms with E-state index in [1.54, 1.807) is 19.2 Å². The van der Waals surface area contributed by atoms with Crippen molar-refractivity contribution in [2.75, 3.05) is 34.3 Å². The number of ether oxygens (including phenoxy) is 2. The van der Waals surface area contributed by atoms with Crippen LogP contribution < -0.4 is 20.1 Å². The van der Waals surface area contributed by atoms with E-state index < -0.39 is 6.61 Å². The lowest BCUT2D eigenvalue weighted by Gasteiger charge is -2.24. The molecule has 1 unspecified atom stereocenters. The number of nitrogens with one attached hydrogen (secondary N) is 2. The van der Waals surface area contributed by atoms with Gasteiger partial charge in [0.15, 0.2) is 5.96 Å². The van der Waals surface area contributed by atoms with Crippen LogP contribution >= 0.6 is 24.0 Å². The first-order chi connectivity index (χ1) is 12.4. The van der Waals surface area contributed by atoms with Crippen molar-refractivity contribution in [3.05, 3.63) is 23.8 Å². The van der Waals surface area contributed by atoms with Gasteiger partial charge in [0.25, 0.3) is 0 Å². The average molecular weight is 500 g/mol. The van der Waals surface area contributed by atoms with Crippen LogP contribution in [0.5, 0.6) is 11.5 Å². The second-order valence-electron chi connectivity index (χ2n) is 5.94. The molecule has 0 aromatic heterocycles. The first-order valence-electron chi connectivity index (χ1n) is 8.67. The van der Waals surface area contributed by atoms with Crippen molar-refractivity contribution in [1.29, 1.82) is 0 Å². The second kappa shape index (κ2) is 13.8. The maximum absolute atomic E-state index is 12.6. The van der Waals surface area contributed by atoms with Crippen LogP contribution in [0.25, 0.3) is 0 Å². The highest BCUT2D eigenvalue weighted by Crippen LogP contribution is 2.25. The molecule has 2 N–H and O–H groups in total. The Morgan fingerprint density at radius 1 is 1.30 bits per heavy atom. The molecule has 9 heteroatoms. The monoisotopic (exact) mass is 500 g/mol. The van der Waals surface area contributed by atoms with E-state index in [1.807, 2.05) is 0 Å². The zero-order chi connectivity index (χ0) is 19.5. The Bertz CT molecular complexity index is 576. The molecular weight excluding hydrogens is 469 g/mol. The largest absolute Gasteiger partial charge is 0.497 e. The lowest BCUT2D eigenvalue weighted by Crippen LogP contribution is -2.42. The molecule has 27 heavy (non-hydrogen) atoms. The summed E-state index contributed by atoms with van der Waals surface area (Å²) in [5.41, 5.74) is 0.560. The van der Waals surface area contributed by atoms with Crippen LogP contribution in [0.4, 0.5) is 8.78 Å². The Labute approximate surface area is 177 Å². The van der Waals surface area contributed by atoms with E-state index in [2.05, 4.69) is 46.2 Å². The minimum Gasteiger partial charge on any atom is -0.497 e. The highest BCUT2D eigenvalue weighted by molar-refractivity contribution is 14.0. The molecule has 0 amide bonds. The van der Waals surface area contributed by atoms with Gasteiger partial charge >= 0.3 is 6.61 Å². The van der Waals surface area contributed by atoms with E-state index in [-0.39, 0.29) is 36.3 Å². The summed E-state index contributed by atoms with van der Waals surface area (Å²) in [7, 11) is 5.26. The number of aliphatic imine (C=N–C) groups is 1. The first-order valence-corrected chi connectivity index (χ1v) is 8.67. The lowest BCUT2D eigenvalue weighted by atomic mass is 10.2. The third kappa shape index (κ3) is 9.41. The number of halogens is 3. The molecule has 0 aliphatic rings. The number of hydrogen-bond acceptors (Lipinski definition) is 4. The molecular formula is C18H31F2IN4O2. The number of benzene rings is 1. The average Bonchev–Trinajstić information content (AvgIpc) is 2.63. The van der Waals surface area contributed by atoms with E-state index in [0.29, 0.717) is 23.3 Å². The fraction of sp³-hybridized carbons (Fsp3) is 0.611. The quantitative estimate of drug-likeness (QED) is 0.294. The van der Waals surface area contributed by atoms with Gasteiger partial charge in [0.1, 0.15) is 11.5 Å². The van der Waals surface area contributed by atoms with Gasteiger partial charge in [-0.1, -0.05) is 6.92 Å². The number of methoxy groups -OCH3 is 1. The molecule has 0 spiro atoms. The van der Waals surface area contributed by atoms with Crippen LogP contribution in [-0.2, 0) is 6.54 Å². The van der Waals surface area contributed by atoms with Crippen LogP contribution in [0.2, 0.25) is 0 Å². The SMILES string of the molecule is CCC(C)N(C)CCNC(=NC)NCc1cc(OC)ccc1OC(F)F.I. The van der Waals surface area contributed by atoms with Gasteiger partial charge in [-0.2, -0.15) is 8.78 Å². The standard InChI is InChI=1S/C18H30F2N4O2.HI/c1-6-13(2)24(4)10-9-22-18(21-3)23-12-14-11-15(25-5)7-8-16(14)26-17(19)20;/h7-8,11,13,17H,6,9-10,12H2,1-5H3,(H2,21,22,23);1H. The summed E-state index contributed by atoms with van der Waals surface area (Å²) in [6.45, 7) is 3.33. The minimum absolute atomic E-state index is 0. The molecule has 1 aromatic rings. The number of nitrogens with zero attached hydrogens (tertiary/aromatic N) is 2. The molecule has 1 aromatic carbocycles. The maximum Gasteiger partial charge on any atom is 0.387 e. The first kappa shape index (κ1) is 25.6. The lowest BCUT2D eigenvalue weighted by molar-refractivity contribution is -0.0504. The smallest absolute Gasteiger partial charge is 0.387 e.